The molecule has 1 fully saturated rings. The summed E-state index contributed by atoms with van der Waals surface area (Å²) in [5.41, 5.74) is 3.42. The summed E-state index contributed by atoms with van der Waals surface area (Å²) in [6.07, 6.45) is 3.54. The van der Waals surface area contributed by atoms with Gasteiger partial charge in [0, 0.05) is 32.7 Å². The molecular weight excluding hydrogens is 421 g/mol. The van der Waals surface area contributed by atoms with Gasteiger partial charge in [0.2, 0.25) is 0 Å². The van der Waals surface area contributed by atoms with Crippen molar-refractivity contribution in [3.8, 4) is 16.8 Å². The summed E-state index contributed by atoms with van der Waals surface area (Å²) in [7, 11) is 3.79. The van der Waals surface area contributed by atoms with Gasteiger partial charge in [-0.05, 0) is 29.8 Å². The minimum absolute atomic E-state index is 0.496. The summed E-state index contributed by atoms with van der Waals surface area (Å²) in [4.78, 5) is 8.52. The molecule has 4 rings (SSSR count). The molecule has 0 N–H and O–H groups in total. The van der Waals surface area contributed by atoms with Gasteiger partial charge in [0.25, 0.3) is 0 Å². The standard InChI is InChI=1S/C22H23Cl2N5O/c1-27(2)15-25-21-19(23)12-16(13-20(21)24)18-14-26-29(17-6-4-3-5-7-17)22(18)28-8-10-30-11-9-28/h3-7,12-15H,8-11H2,1-2H3. The number of hydrogen-bond donors (Lipinski definition) is 0. The summed E-state index contributed by atoms with van der Waals surface area (Å²) in [6.45, 7) is 2.94. The summed E-state index contributed by atoms with van der Waals surface area (Å²) in [5.74, 6) is 1.00. The topological polar surface area (TPSA) is 45.9 Å². The Labute approximate surface area is 186 Å². The van der Waals surface area contributed by atoms with Crippen LogP contribution in [0.15, 0.2) is 53.7 Å². The molecule has 3 aromatic rings. The Balaban J connectivity index is 1.82. The summed E-state index contributed by atoms with van der Waals surface area (Å²) < 4.78 is 7.51. The lowest BCUT2D eigenvalue weighted by Crippen LogP contribution is -2.37. The Morgan fingerprint density at radius 2 is 1.73 bits per heavy atom. The van der Waals surface area contributed by atoms with Crippen LogP contribution in [0, 0.1) is 0 Å². The highest BCUT2D eigenvalue weighted by atomic mass is 35.5. The minimum Gasteiger partial charge on any atom is -0.378 e. The van der Waals surface area contributed by atoms with Crippen molar-refractivity contribution >= 4 is 41.0 Å². The number of hydrogen-bond acceptors (Lipinski definition) is 4. The average molecular weight is 444 g/mol. The Morgan fingerprint density at radius 1 is 1.07 bits per heavy atom. The second-order valence-electron chi connectivity index (χ2n) is 7.23. The van der Waals surface area contributed by atoms with E-state index in [0.29, 0.717) is 28.9 Å². The van der Waals surface area contributed by atoms with E-state index in [1.54, 1.807) is 6.34 Å². The van der Waals surface area contributed by atoms with Crippen molar-refractivity contribution in [2.24, 2.45) is 4.99 Å². The van der Waals surface area contributed by atoms with E-state index in [2.05, 4.69) is 9.89 Å². The zero-order valence-corrected chi connectivity index (χ0v) is 18.4. The van der Waals surface area contributed by atoms with E-state index in [1.807, 2.05) is 72.3 Å². The van der Waals surface area contributed by atoms with Gasteiger partial charge < -0.3 is 14.5 Å². The first-order valence-electron chi connectivity index (χ1n) is 9.71. The Kier molecular flexibility index (Phi) is 6.27. The molecule has 0 saturated carbocycles. The molecule has 156 valence electrons. The number of nitrogens with zero attached hydrogens (tertiary/aromatic N) is 5. The fraction of sp³-hybridized carbons (Fsp3) is 0.273. The molecule has 0 spiro atoms. The van der Waals surface area contributed by atoms with Gasteiger partial charge in [-0.25, -0.2) is 9.67 Å². The molecule has 1 aromatic heterocycles. The van der Waals surface area contributed by atoms with Crippen molar-refractivity contribution in [1.82, 2.24) is 14.7 Å². The number of anilines is 1. The third kappa shape index (κ3) is 4.31. The predicted octanol–water partition coefficient (Wildman–Crippen LogP) is 4.90. The molecule has 8 heteroatoms. The van der Waals surface area contributed by atoms with E-state index in [9.17, 15) is 0 Å². The number of para-hydroxylation sites is 1. The first-order valence-corrected chi connectivity index (χ1v) is 10.5. The molecule has 0 atom stereocenters. The number of benzene rings is 2. The van der Waals surface area contributed by atoms with Crippen LogP contribution in [0.3, 0.4) is 0 Å². The van der Waals surface area contributed by atoms with Gasteiger partial charge in [-0.1, -0.05) is 41.4 Å². The third-order valence-electron chi connectivity index (χ3n) is 4.80. The van der Waals surface area contributed by atoms with Crippen molar-refractivity contribution in [3.63, 3.8) is 0 Å². The second kappa shape index (κ2) is 9.08. The molecule has 0 aliphatic carbocycles. The third-order valence-corrected chi connectivity index (χ3v) is 5.38. The van der Waals surface area contributed by atoms with Gasteiger partial charge in [-0.3, -0.25) is 0 Å². The number of ether oxygens (including phenoxy) is 1. The van der Waals surface area contributed by atoms with Crippen LogP contribution in [0.25, 0.3) is 16.8 Å². The fourth-order valence-corrected chi connectivity index (χ4v) is 3.99. The highest BCUT2D eigenvalue weighted by molar-refractivity contribution is 6.39. The van der Waals surface area contributed by atoms with Crippen LogP contribution < -0.4 is 4.90 Å². The Bertz CT molecular complexity index is 1020. The second-order valence-corrected chi connectivity index (χ2v) is 8.04. The van der Waals surface area contributed by atoms with Crippen molar-refractivity contribution in [2.45, 2.75) is 0 Å². The van der Waals surface area contributed by atoms with Gasteiger partial charge in [0.05, 0.1) is 41.5 Å². The lowest BCUT2D eigenvalue weighted by molar-refractivity contribution is 0.122. The maximum Gasteiger partial charge on any atom is 0.140 e. The van der Waals surface area contributed by atoms with Crippen LogP contribution in [0.5, 0.6) is 0 Å². The zero-order valence-electron chi connectivity index (χ0n) is 16.9. The molecular formula is C22H23Cl2N5O. The van der Waals surface area contributed by atoms with Crippen molar-refractivity contribution in [2.75, 3.05) is 45.3 Å². The maximum absolute atomic E-state index is 6.55. The SMILES string of the molecule is CN(C)C=Nc1c(Cl)cc(-c2cnn(-c3ccccc3)c2N2CCOCC2)cc1Cl. The molecule has 2 aromatic carbocycles. The molecule has 6 nitrogen and oxygen atoms in total. The van der Waals surface area contributed by atoms with Crippen molar-refractivity contribution < 1.29 is 4.74 Å². The molecule has 0 unspecified atom stereocenters. The Morgan fingerprint density at radius 3 is 2.37 bits per heavy atom. The van der Waals surface area contributed by atoms with E-state index in [1.165, 1.54) is 0 Å². The van der Waals surface area contributed by atoms with E-state index in [0.717, 1.165) is 35.7 Å². The lowest BCUT2D eigenvalue weighted by Gasteiger charge is -2.30. The fourth-order valence-electron chi connectivity index (χ4n) is 3.40. The van der Waals surface area contributed by atoms with Crippen LogP contribution in [-0.2, 0) is 4.74 Å². The molecule has 1 aliphatic rings. The molecule has 2 heterocycles. The largest absolute Gasteiger partial charge is 0.378 e. The van der Waals surface area contributed by atoms with Gasteiger partial charge in [0.15, 0.2) is 0 Å². The van der Waals surface area contributed by atoms with Crippen LogP contribution in [0.4, 0.5) is 11.5 Å². The van der Waals surface area contributed by atoms with Crippen LogP contribution in [0.1, 0.15) is 0 Å². The molecule has 1 saturated heterocycles. The molecule has 0 bridgehead atoms. The Hall–Kier alpha value is -2.54. The first kappa shape index (κ1) is 20.7. The minimum atomic E-state index is 0.496. The van der Waals surface area contributed by atoms with Crippen molar-refractivity contribution in [1.29, 1.82) is 0 Å². The van der Waals surface area contributed by atoms with Crippen LogP contribution in [0.2, 0.25) is 10.0 Å². The number of morpholine rings is 1. The first-order chi connectivity index (χ1) is 14.5. The molecule has 30 heavy (non-hydrogen) atoms. The summed E-state index contributed by atoms with van der Waals surface area (Å²) in [5, 5.41) is 5.68. The smallest absolute Gasteiger partial charge is 0.140 e. The summed E-state index contributed by atoms with van der Waals surface area (Å²) >= 11 is 13.1. The number of aliphatic imine (C=N–C) groups is 1. The zero-order chi connectivity index (χ0) is 21.1. The van der Waals surface area contributed by atoms with E-state index >= 15 is 0 Å². The normalized spacial score (nSPS) is 14.5. The highest BCUT2D eigenvalue weighted by Gasteiger charge is 2.23. The monoisotopic (exact) mass is 443 g/mol. The lowest BCUT2D eigenvalue weighted by atomic mass is 10.1. The molecule has 1 aliphatic heterocycles. The van der Waals surface area contributed by atoms with Crippen LogP contribution >= 0.6 is 23.2 Å². The van der Waals surface area contributed by atoms with Gasteiger partial charge >= 0.3 is 0 Å². The quantitative estimate of drug-likeness (QED) is 0.415. The van der Waals surface area contributed by atoms with Crippen molar-refractivity contribution in [3.05, 3.63) is 58.7 Å². The van der Waals surface area contributed by atoms with Gasteiger partial charge in [0.1, 0.15) is 11.5 Å². The van der Waals surface area contributed by atoms with E-state index < -0.39 is 0 Å². The molecule has 0 amide bonds. The number of rotatable bonds is 5. The van der Waals surface area contributed by atoms with E-state index in [-0.39, 0.29) is 0 Å². The maximum atomic E-state index is 6.55. The van der Waals surface area contributed by atoms with Crippen LogP contribution in [-0.4, -0.2) is 61.4 Å². The van der Waals surface area contributed by atoms with Gasteiger partial charge in [-0.2, -0.15) is 5.10 Å². The predicted molar refractivity (Wildman–Crippen MR) is 124 cm³/mol. The molecule has 0 radical (unpaired) electrons. The summed E-state index contributed by atoms with van der Waals surface area (Å²) in [6, 6.07) is 13.9. The number of aromatic nitrogens is 2. The highest BCUT2D eigenvalue weighted by Crippen LogP contribution is 2.41. The average Bonchev–Trinajstić information content (AvgIpc) is 3.19. The number of halogens is 2. The van der Waals surface area contributed by atoms with E-state index in [4.69, 9.17) is 33.0 Å². The van der Waals surface area contributed by atoms with Gasteiger partial charge in [-0.15, -0.1) is 0 Å².